The molecule has 0 aliphatic carbocycles. The number of ether oxygens (including phenoxy) is 1. The average molecular weight is 392 g/mol. The van der Waals surface area contributed by atoms with Crippen molar-refractivity contribution in [3.63, 3.8) is 0 Å². The molecular weight excluding hydrogens is 372 g/mol. The van der Waals surface area contributed by atoms with Crippen LogP contribution in [0, 0.1) is 6.92 Å². The third-order valence-electron chi connectivity index (χ3n) is 4.88. The van der Waals surface area contributed by atoms with Gasteiger partial charge in [0.1, 0.15) is 5.82 Å². The number of hydrogen-bond acceptors (Lipinski definition) is 7. The lowest BCUT2D eigenvalue weighted by molar-refractivity contribution is 0.122. The maximum Gasteiger partial charge on any atom is 0.189 e. The fourth-order valence-corrected chi connectivity index (χ4v) is 4.31. The number of rotatable bonds is 4. The van der Waals surface area contributed by atoms with Crippen molar-refractivity contribution in [1.29, 1.82) is 0 Å². The summed E-state index contributed by atoms with van der Waals surface area (Å²) in [5.74, 6) is 0.800. The van der Waals surface area contributed by atoms with Crippen LogP contribution in [0.15, 0.2) is 42.7 Å². The van der Waals surface area contributed by atoms with E-state index in [4.69, 9.17) is 9.72 Å². The minimum absolute atomic E-state index is 0.765. The van der Waals surface area contributed by atoms with Gasteiger partial charge in [0.2, 0.25) is 0 Å². The Morgan fingerprint density at radius 1 is 1.18 bits per heavy atom. The Morgan fingerprint density at radius 2 is 2.07 bits per heavy atom. The molecule has 0 saturated carbocycles. The zero-order valence-electron chi connectivity index (χ0n) is 15.5. The molecular formula is C20H20N6OS. The van der Waals surface area contributed by atoms with Crippen LogP contribution in [0.3, 0.4) is 0 Å². The minimum atomic E-state index is 0.765. The van der Waals surface area contributed by atoms with Crippen LogP contribution in [0.1, 0.15) is 5.69 Å². The fraction of sp³-hybridized carbons (Fsp3) is 0.250. The predicted octanol–water partition coefficient (Wildman–Crippen LogP) is 3.97. The summed E-state index contributed by atoms with van der Waals surface area (Å²) in [6.07, 6.45) is 3.69. The fourth-order valence-electron chi connectivity index (χ4n) is 3.40. The summed E-state index contributed by atoms with van der Waals surface area (Å²) in [6.45, 7) is 5.36. The number of anilines is 3. The van der Waals surface area contributed by atoms with Crippen LogP contribution in [0.2, 0.25) is 0 Å². The second kappa shape index (κ2) is 7.21. The van der Waals surface area contributed by atoms with Crippen molar-refractivity contribution < 1.29 is 4.74 Å². The number of pyridine rings is 1. The second-order valence-electron chi connectivity index (χ2n) is 6.73. The minimum Gasteiger partial charge on any atom is -0.378 e. The molecule has 8 heteroatoms. The van der Waals surface area contributed by atoms with Gasteiger partial charge in [-0.15, -0.1) is 0 Å². The molecule has 0 radical (unpaired) electrons. The van der Waals surface area contributed by atoms with Gasteiger partial charge in [0.15, 0.2) is 5.13 Å². The molecule has 3 aromatic heterocycles. The Bertz CT molecular complexity index is 1110. The van der Waals surface area contributed by atoms with Gasteiger partial charge < -0.3 is 15.0 Å². The molecule has 0 amide bonds. The molecule has 4 aromatic rings. The van der Waals surface area contributed by atoms with E-state index >= 15 is 0 Å². The number of nitrogens with zero attached hydrogens (tertiary/aromatic N) is 4. The normalized spacial score (nSPS) is 14.5. The van der Waals surface area contributed by atoms with Gasteiger partial charge in [0.05, 0.1) is 29.6 Å². The Hall–Kier alpha value is -2.97. The smallest absolute Gasteiger partial charge is 0.189 e. The second-order valence-corrected chi connectivity index (χ2v) is 7.76. The first kappa shape index (κ1) is 17.2. The van der Waals surface area contributed by atoms with Gasteiger partial charge >= 0.3 is 0 Å². The first-order valence-electron chi connectivity index (χ1n) is 9.23. The monoisotopic (exact) mass is 392 g/mol. The van der Waals surface area contributed by atoms with Crippen LogP contribution in [0.4, 0.5) is 16.6 Å². The van der Waals surface area contributed by atoms with Crippen molar-refractivity contribution >= 4 is 38.2 Å². The zero-order valence-corrected chi connectivity index (χ0v) is 16.3. The number of hydrogen-bond donors (Lipinski definition) is 2. The SMILES string of the molecule is Cc1[nH]ncc1-c1ccc2nc(Nc3cc(N4CCOCC4)ccn3)sc2c1. The highest BCUT2D eigenvalue weighted by molar-refractivity contribution is 7.22. The van der Waals surface area contributed by atoms with Gasteiger partial charge in [-0.3, -0.25) is 5.10 Å². The van der Waals surface area contributed by atoms with Gasteiger partial charge in [-0.25, -0.2) is 9.97 Å². The van der Waals surface area contributed by atoms with Crippen molar-refractivity contribution in [1.82, 2.24) is 20.2 Å². The number of aromatic amines is 1. The van der Waals surface area contributed by atoms with Gasteiger partial charge in [0, 0.05) is 42.3 Å². The number of morpholine rings is 1. The summed E-state index contributed by atoms with van der Waals surface area (Å²) >= 11 is 1.62. The first-order chi connectivity index (χ1) is 13.8. The highest BCUT2D eigenvalue weighted by Gasteiger charge is 2.13. The maximum absolute atomic E-state index is 5.44. The van der Waals surface area contributed by atoms with Crippen LogP contribution in [0.5, 0.6) is 0 Å². The number of aromatic nitrogens is 4. The van der Waals surface area contributed by atoms with Crippen molar-refractivity contribution in [2.75, 3.05) is 36.5 Å². The summed E-state index contributed by atoms with van der Waals surface area (Å²) < 4.78 is 6.57. The molecule has 1 aliphatic heterocycles. The van der Waals surface area contributed by atoms with Gasteiger partial charge in [-0.2, -0.15) is 5.10 Å². The molecule has 0 bridgehead atoms. The van der Waals surface area contributed by atoms with E-state index in [1.165, 1.54) is 0 Å². The van der Waals surface area contributed by atoms with Crippen LogP contribution in [-0.4, -0.2) is 46.5 Å². The third-order valence-corrected chi connectivity index (χ3v) is 5.82. The van der Waals surface area contributed by atoms with Gasteiger partial charge in [-0.05, 0) is 30.7 Å². The lowest BCUT2D eigenvalue weighted by atomic mass is 10.1. The molecule has 0 spiro atoms. The molecule has 0 atom stereocenters. The van der Waals surface area contributed by atoms with E-state index in [9.17, 15) is 0 Å². The van der Waals surface area contributed by atoms with Gasteiger partial charge in [0.25, 0.3) is 0 Å². The van der Waals surface area contributed by atoms with E-state index in [-0.39, 0.29) is 0 Å². The standard InChI is InChI=1S/C20H20N6OS/c1-13-16(12-22-25-13)14-2-3-17-18(10-14)28-20(23-17)24-19-11-15(4-5-21-19)26-6-8-27-9-7-26/h2-5,10-12H,6-9H2,1H3,(H,22,25)(H,21,23,24). The summed E-state index contributed by atoms with van der Waals surface area (Å²) in [5, 5.41) is 11.3. The molecule has 1 saturated heterocycles. The van der Waals surface area contributed by atoms with Crippen molar-refractivity contribution in [2.45, 2.75) is 6.92 Å². The van der Waals surface area contributed by atoms with Crippen LogP contribution in [0.25, 0.3) is 21.3 Å². The van der Waals surface area contributed by atoms with Crippen LogP contribution >= 0.6 is 11.3 Å². The van der Waals surface area contributed by atoms with Gasteiger partial charge in [-0.1, -0.05) is 17.4 Å². The predicted molar refractivity (Wildman–Crippen MR) is 112 cm³/mol. The average Bonchev–Trinajstić information content (AvgIpc) is 3.33. The van der Waals surface area contributed by atoms with Crippen molar-refractivity contribution in [2.24, 2.45) is 0 Å². The summed E-state index contributed by atoms with van der Waals surface area (Å²) in [7, 11) is 0. The molecule has 7 nitrogen and oxygen atoms in total. The lowest BCUT2D eigenvalue weighted by Crippen LogP contribution is -2.36. The number of aryl methyl sites for hydroxylation is 1. The molecule has 1 aliphatic rings. The summed E-state index contributed by atoms with van der Waals surface area (Å²) in [5.41, 5.74) is 5.44. The number of benzene rings is 1. The first-order valence-corrected chi connectivity index (χ1v) is 10.0. The number of H-pyrrole nitrogens is 1. The quantitative estimate of drug-likeness (QED) is 0.547. The van der Waals surface area contributed by atoms with Crippen molar-refractivity contribution in [3.05, 3.63) is 48.4 Å². The Balaban J connectivity index is 1.40. The Kier molecular flexibility index (Phi) is 4.42. The van der Waals surface area contributed by atoms with E-state index in [2.05, 4.69) is 49.7 Å². The van der Waals surface area contributed by atoms with E-state index < -0.39 is 0 Å². The van der Waals surface area contributed by atoms with E-state index in [1.54, 1.807) is 11.3 Å². The molecule has 142 valence electrons. The van der Waals surface area contributed by atoms with E-state index in [1.807, 2.05) is 25.4 Å². The van der Waals surface area contributed by atoms with Crippen molar-refractivity contribution in [3.8, 4) is 11.1 Å². The number of thiazole rings is 1. The summed E-state index contributed by atoms with van der Waals surface area (Å²) in [6, 6.07) is 10.4. The Labute approximate surface area is 166 Å². The topological polar surface area (TPSA) is 79.0 Å². The van der Waals surface area contributed by atoms with E-state index in [0.29, 0.717) is 0 Å². The molecule has 5 rings (SSSR count). The third kappa shape index (κ3) is 3.32. The highest BCUT2D eigenvalue weighted by atomic mass is 32.1. The molecule has 1 aromatic carbocycles. The van der Waals surface area contributed by atoms with Crippen LogP contribution < -0.4 is 10.2 Å². The molecule has 28 heavy (non-hydrogen) atoms. The summed E-state index contributed by atoms with van der Waals surface area (Å²) in [4.78, 5) is 11.5. The zero-order chi connectivity index (χ0) is 18.9. The molecule has 0 unspecified atom stereocenters. The lowest BCUT2D eigenvalue weighted by Gasteiger charge is -2.28. The maximum atomic E-state index is 5.44. The van der Waals surface area contributed by atoms with Crippen LogP contribution in [-0.2, 0) is 4.74 Å². The molecule has 1 fully saturated rings. The number of fused-ring (bicyclic) bond motifs is 1. The largest absolute Gasteiger partial charge is 0.378 e. The molecule has 4 heterocycles. The highest BCUT2D eigenvalue weighted by Crippen LogP contribution is 2.32. The number of nitrogens with one attached hydrogen (secondary N) is 2. The molecule has 2 N–H and O–H groups in total. The van der Waals surface area contributed by atoms with E-state index in [0.717, 1.165) is 70.0 Å². The Morgan fingerprint density at radius 3 is 2.89 bits per heavy atom.